The van der Waals surface area contributed by atoms with Gasteiger partial charge in [0.25, 0.3) is 0 Å². The number of rotatable bonds is 6. The summed E-state index contributed by atoms with van der Waals surface area (Å²) >= 11 is 0. The van der Waals surface area contributed by atoms with E-state index in [1.165, 1.54) is 11.1 Å². The average Bonchev–Trinajstić information content (AvgIpc) is 3.38. The second-order valence-corrected chi connectivity index (χ2v) is 7.74. The fraction of sp³-hybridized carbons (Fsp3) is 0.571. The Morgan fingerprint density at radius 3 is 2.77 bits per heavy atom. The fourth-order valence-electron chi connectivity index (χ4n) is 4.48. The van der Waals surface area contributed by atoms with Crippen LogP contribution in [0.3, 0.4) is 0 Å². The van der Waals surface area contributed by atoms with Crippen LogP contribution in [-0.4, -0.2) is 24.8 Å². The summed E-state index contributed by atoms with van der Waals surface area (Å²) in [7, 11) is 0. The molecule has 26 heavy (non-hydrogen) atoms. The quantitative estimate of drug-likeness (QED) is 0.797. The molecule has 1 atom stereocenters. The first kappa shape index (κ1) is 17.2. The minimum Gasteiger partial charge on any atom is -0.381 e. The van der Waals surface area contributed by atoms with E-state index in [4.69, 9.17) is 11.2 Å². The molecule has 2 aliphatic heterocycles. The van der Waals surface area contributed by atoms with Crippen LogP contribution in [0.5, 0.6) is 0 Å². The second-order valence-electron chi connectivity index (χ2n) is 7.74. The fourth-order valence-corrected chi connectivity index (χ4v) is 4.48. The Morgan fingerprint density at radius 1 is 1.27 bits per heavy atom. The molecular formula is C21H25N3O2. The van der Waals surface area contributed by atoms with Gasteiger partial charge in [-0.2, -0.15) is 10.2 Å². The predicted octanol–water partition coefficient (Wildman–Crippen LogP) is 3.55. The molecule has 1 aliphatic carbocycles. The zero-order valence-corrected chi connectivity index (χ0v) is 15.0. The lowest BCUT2D eigenvalue weighted by atomic mass is 9.74. The van der Waals surface area contributed by atoms with Crippen LogP contribution in [0.1, 0.15) is 55.7 Å². The highest BCUT2D eigenvalue weighted by Gasteiger charge is 2.47. The van der Waals surface area contributed by atoms with Crippen LogP contribution in [0.15, 0.2) is 34.5 Å². The molecule has 3 aliphatic rings. The van der Waals surface area contributed by atoms with Gasteiger partial charge in [-0.3, -0.25) is 4.79 Å². The molecule has 4 rings (SSSR count). The molecule has 1 amide bonds. The van der Waals surface area contributed by atoms with Crippen molar-refractivity contribution in [1.82, 2.24) is 5.32 Å². The van der Waals surface area contributed by atoms with Gasteiger partial charge in [0.1, 0.15) is 0 Å². The van der Waals surface area contributed by atoms with E-state index < -0.39 is 5.66 Å². The zero-order valence-electron chi connectivity index (χ0n) is 15.0. The van der Waals surface area contributed by atoms with Crippen molar-refractivity contribution in [3.63, 3.8) is 0 Å². The van der Waals surface area contributed by atoms with E-state index in [0.717, 1.165) is 38.9 Å². The van der Waals surface area contributed by atoms with Crippen LogP contribution >= 0.6 is 0 Å². The van der Waals surface area contributed by atoms with Crippen molar-refractivity contribution in [2.75, 3.05) is 13.2 Å². The van der Waals surface area contributed by atoms with Gasteiger partial charge in [-0.25, -0.2) is 0 Å². The number of nitrogens with zero attached hydrogens (tertiary/aromatic N) is 2. The number of ether oxygens (including phenoxy) is 1. The predicted molar refractivity (Wildman–Crippen MR) is 98.4 cm³/mol. The molecule has 2 heterocycles. The molecule has 0 saturated carbocycles. The van der Waals surface area contributed by atoms with Gasteiger partial charge in [0, 0.05) is 44.3 Å². The second kappa shape index (κ2) is 6.85. The third-order valence-electron chi connectivity index (χ3n) is 6.12. The summed E-state index contributed by atoms with van der Waals surface area (Å²) in [5, 5.41) is 11.6. The molecule has 1 fully saturated rings. The molecule has 5 heteroatoms. The van der Waals surface area contributed by atoms with Crippen molar-refractivity contribution in [3.05, 3.63) is 35.4 Å². The van der Waals surface area contributed by atoms with E-state index in [1.54, 1.807) is 0 Å². The Kier molecular flexibility index (Phi) is 4.54. The number of nitrogens with one attached hydrogen (secondary N) is 1. The van der Waals surface area contributed by atoms with Crippen molar-refractivity contribution in [2.45, 2.75) is 56.7 Å². The molecule has 1 saturated heterocycles. The average molecular weight is 351 g/mol. The maximum absolute atomic E-state index is 12.7. The van der Waals surface area contributed by atoms with E-state index in [9.17, 15) is 4.79 Å². The number of terminal acetylenes is 1. The molecule has 0 radical (unpaired) electrons. The van der Waals surface area contributed by atoms with Gasteiger partial charge in [-0.05, 0) is 30.4 Å². The van der Waals surface area contributed by atoms with Gasteiger partial charge in [0.05, 0.1) is 6.04 Å². The number of hydrogen-bond acceptors (Lipinski definition) is 4. The Labute approximate surface area is 154 Å². The van der Waals surface area contributed by atoms with E-state index in [2.05, 4.69) is 45.7 Å². The van der Waals surface area contributed by atoms with E-state index >= 15 is 0 Å². The molecule has 1 N–H and O–H groups in total. The lowest BCUT2D eigenvalue weighted by Gasteiger charge is -2.39. The van der Waals surface area contributed by atoms with Crippen molar-refractivity contribution in [2.24, 2.45) is 15.6 Å². The SMILES string of the molecule is C#CCCC1(CCC(=O)NC2c3ccccc3CC23CCOCC3)N=N1. The summed E-state index contributed by atoms with van der Waals surface area (Å²) in [6.45, 7) is 1.54. The van der Waals surface area contributed by atoms with Gasteiger partial charge in [0.2, 0.25) is 5.91 Å². The molecule has 1 aromatic carbocycles. The first-order valence-corrected chi connectivity index (χ1v) is 9.49. The molecule has 136 valence electrons. The Morgan fingerprint density at radius 2 is 2.04 bits per heavy atom. The number of carbonyl (C=O) groups excluding carboxylic acids is 1. The van der Waals surface area contributed by atoms with Gasteiger partial charge in [0.15, 0.2) is 5.66 Å². The smallest absolute Gasteiger partial charge is 0.220 e. The zero-order chi connectivity index (χ0) is 18.0. The summed E-state index contributed by atoms with van der Waals surface area (Å²) in [6.07, 6.45) is 10.8. The number of amides is 1. The maximum atomic E-state index is 12.7. The molecular weight excluding hydrogens is 326 g/mol. The molecule has 0 aromatic heterocycles. The highest BCUT2D eigenvalue weighted by molar-refractivity contribution is 5.77. The van der Waals surface area contributed by atoms with Crippen LogP contribution in [0.25, 0.3) is 0 Å². The third-order valence-corrected chi connectivity index (χ3v) is 6.12. The summed E-state index contributed by atoms with van der Waals surface area (Å²) in [5.41, 5.74) is 2.32. The highest BCUT2D eigenvalue weighted by Crippen LogP contribution is 2.51. The summed E-state index contributed by atoms with van der Waals surface area (Å²) in [6, 6.07) is 8.57. The Bertz CT molecular complexity index is 753. The first-order valence-electron chi connectivity index (χ1n) is 9.49. The van der Waals surface area contributed by atoms with Gasteiger partial charge < -0.3 is 10.1 Å². The lowest BCUT2D eigenvalue weighted by Crippen LogP contribution is -2.42. The van der Waals surface area contributed by atoms with Gasteiger partial charge in [-0.1, -0.05) is 24.3 Å². The minimum absolute atomic E-state index is 0.0739. The van der Waals surface area contributed by atoms with Gasteiger partial charge >= 0.3 is 0 Å². The standard InChI is InChI=1S/C21H25N3O2/c1-2-3-9-21(23-24-21)10-8-18(25)22-19-17-7-5-4-6-16(17)15-20(19)11-13-26-14-12-20/h1,4-7,19H,3,8-15H2,(H,22,25). The molecule has 1 unspecified atom stereocenters. The van der Waals surface area contributed by atoms with Crippen molar-refractivity contribution in [1.29, 1.82) is 0 Å². The van der Waals surface area contributed by atoms with Crippen LogP contribution in [0, 0.1) is 17.8 Å². The van der Waals surface area contributed by atoms with E-state index in [0.29, 0.717) is 19.3 Å². The van der Waals surface area contributed by atoms with Crippen LogP contribution in [-0.2, 0) is 16.0 Å². The maximum Gasteiger partial charge on any atom is 0.220 e. The summed E-state index contributed by atoms with van der Waals surface area (Å²) < 4.78 is 5.59. The summed E-state index contributed by atoms with van der Waals surface area (Å²) in [5.74, 6) is 2.71. The first-order chi connectivity index (χ1) is 12.7. The molecule has 5 nitrogen and oxygen atoms in total. The lowest BCUT2D eigenvalue weighted by molar-refractivity contribution is -0.123. The van der Waals surface area contributed by atoms with Crippen molar-refractivity contribution >= 4 is 5.91 Å². The number of fused-ring (bicyclic) bond motifs is 1. The largest absolute Gasteiger partial charge is 0.381 e. The molecule has 1 spiro atoms. The van der Waals surface area contributed by atoms with E-state index in [1.807, 2.05) is 0 Å². The highest BCUT2D eigenvalue weighted by atomic mass is 16.5. The minimum atomic E-state index is -0.395. The van der Waals surface area contributed by atoms with Gasteiger partial charge in [-0.15, -0.1) is 12.3 Å². The van der Waals surface area contributed by atoms with Crippen LogP contribution < -0.4 is 5.32 Å². The third kappa shape index (κ3) is 3.26. The monoisotopic (exact) mass is 351 g/mol. The number of hydrogen-bond donors (Lipinski definition) is 1. The summed E-state index contributed by atoms with van der Waals surface area (Å²) in [4.78, 5) is 12.7. The normalized spacial score (nSPS) is 24.0. The van der Waals surface area contributed by atoms with Crippen LogP contribution in [0.4, 0.5) is 0 Å². The Hall–Kier alpha value is -2.19. The number of benzene rings is 1. The van der Waals surface area contributed by atoms with E-state index in [-0.39, 0.29) is 17.4 Å². The number of carbonyl (C=O) groups is 1. The van der Waals surface area contributed by atoms with Crippen molar-refractivity contribution < 1.29 is 9.53 Å². The van der Waals surface area contributed by atoms with Crippen LogP contribution in [0.2, 0.25) is 0 Å². The Balaban J connectivity index is 1.43. The topological polar surface area (TPSA) is 63.0 Å². The van der Waals surface area contributed by atoms with Crippen molar-refractivity contribution in [3.8, 4) is 12.3 Å². The molecule has 0 bridgehead atoms. The molecule has 1 aromatic rings.